The highest BCUT2D eigenvalue weighted by atomic mass is 16.6. The monoisotopic (exact) mass is 263 g/mol. The Bertz CT molecular complexity index is 542. The Morgan fingerprint density at radius 1 is 1.47 bits per heavy atom. The number of nitro benzene ring substituents is 1. The lowest BCUT2D eigenvalue weighted by atomic mass is 10.3. The maximum atomic E-state index is 10.8. The first kappa shape index (κ1) is 13.0. The van der Waals surface area contributed by atoms with Crippen LogP contribution in [0.4, 0.5) is 5.69 Å². The molecule has 1 aromatic heterocycles. The summed E-state index contributed by atoms with van der Waals surface area (Å²) in [7, 11) is 0. The summed E-state index contributed by atoms with van der Waals surface area (Å²) in [5, 5.41) is 20.5. The predicted octanol–water partition coefficient (Wildman–Crippen LogP) is 1.23. The van der Waals surface area contributed by atoms with E-state index in [1.807, 2.05) is 0 Å². The third-order valence-corrected chi connectivity index (χ3v) is 2.47. The summed E-state index contributed by atoms with van der Waals surface area (Å²) in [6, 6.07) is 6.07. The second-order valence-electron chi connectivity index (χ2n) is 3.95. The number of hydrogen-bond donors (Lipinski definition) is 1. The molecule has 0 radical (unpaired) electrons. The molecule has 0 aliphatic rings. The second kappa shape index (κ2) is 5.96. The van der Waals surface area contributed by atoms with Crippen molar-refractivity contribution < 1.29 is 14.8 Å². The van der Waals surface area contributed by atoms with Crippen LogP contribution in [0.5, 0.6) is 5.75 Å². The third-order valence-electron chi connectivity index (χ3n) is 2.47. The predicted molar refractivity (Wildman–Crippen MR) is 66.8 cm³/mol. The number of aromatic nitrogens is 2. The Morgan fingerprint density at radius 3 is 2.95 bits per heavy atom. The fraction of sp³-hybridized carbons (Fsp3) is 0.250. The summed E-state index contributed by atoms with van der Waals surface area (Å²) >= 11 is 0. The van der Waals surface area contributed by atoms with Crippen LogP contribution in [0.2, 0.25) is 0 Å². The van der Waals surface area contributed by atoms with Crippen LogP contribution < -0.4 is 4.74 Å². The van der Waals surface area contributed by atoms with Gasteiger partial charge in [0.15, 0.2) is 5.75 Å². The van der Waals surface area contributed by atoms with Gasteiger partial charge in [-0.05, 0) is 6.07 Å². The summed E-state index contributed by atoms with van der Waals surface area (Å²) in [6.07, 6.45) is 4.13. The highest BCUT2D eigenvalue weighted by molar-refractivity contribution is 5.45. The minimum Gasteiger partial charge on any atom is -0.484 e. The Hall–Kier alpha value is -2.41. The van der Waals surface area contributed by atoms with Crippen LogP contribution >= 0.6 is 0 Å². The van der Waals surface area contributed by atoms with E-state index in [-0.39, 0.29) is 18.0 Å². The molecular formula is C12H13N3O4. The van der Waals surface area contributed by atoms with Crippen molar-refractivity contribution in [3.63, 3.8) is 0 Å². The van der Waals surface area contributed by atoms with E-state index in [1.54, 1.807) is 35.4 Å². The first-order valence-corrected chi connectivity index (χ1v) is 5.67. The lowest BCUT2D eigenvalue weighted by Gasteiger charge is -2.12. The zero-order chi connectivity index (χ0) is 13.7. The fourth-order valence-electron chi connectivity index (χ4n) is 1.61. The van der Waals surface area contributed by atoms with Crippen molar-refractivity contribution in [2.45, 2.75) is 12.6 Å². The average Bonchev–Trinajstić information content (AvgIpc) is 2.89. The second-order valence-corrected chi connectivity index (χ2v) is 3.95. The Morgan fingerprint density at radius 2 is 2.26 bits per heavy atom. The molecule has 0 aliphatic heterocycles. The molecule has 1 heterocycles. The molecule has 0 bridgehead atoms. The molecule has 0 spiro atoms. The van der Waals surface area contributed by atoms with Crippen molar-refractivity contribution in [1.29, 1.82) is 0 Å². The van der Waals surface area contributed by atoms with Gasteiger partial charge in [0.1, 0.15) is 12.7 Å². The number of nitrogens with zero attached hydrogens (tertiary/aromatic N) is 3. The molecule has 1 atom stereocenters. The molecule has 2 aromatic rings. The van der Waals surface area contributed by atoms with Crippen molar-refractivity contribution in [1.82, 2.24) is 9.55 Å². The summed E-state index contributed by atoms with van der Waals surface area (Å²) in [5.74, 6) is 0.150. The average molecular weight is 263 g/mol. The smallest absolute Gasteiger partial charge is 0.310 e. The van der Waals surface area contributed by atoms with Crippen LogP contribution in [0.25, 0.3) is 0 Å². The van der Waals surface area contributed by atoms with Gasteiger partial charge in [-0.25, -0.2) is 4.98 Å². The van der Waals surface area contributed by atoms with E-state index in [1.165, 1.54) is 12.1 Å². The van der Waals surface area contributed by atoms with Crippen LogP contribution in [-0.2, 0) is 6.54 Å². The first-order valence-electron chi connectivity index (χ1n) is 5.67. The normalized spacial score (nSPS) is 12.1. The number of hydrogen-bond acceptors (Lipinski definition) is 5. The topological polar surface area (TPSA) is 90.4 Å². The van der Waals surface area contributed by atoms with E-state index in [0.29, 0.717) is 6.54 Å². The van der Waals surface area contributed by atoms with Gasteiger partial charge in [0.05, 0.1) is 17.8 Å². The summed E-state index contributed by atoms with van der Waals surface area (Å²) < 4.78 is 6.99. The van der Waals surface area contributed by atoms with Crippen molar-refractivity contribution >= 4 is 5.69 Å². The van der Waals surface area contributed by atoms with Gasteiger partial charge in [0.25, 0.3) is 0 Å². The van der Waals surface area contributed by atoms with Gasteiger partial charge >= 0.3 is 5.69 Å². The van der Waals surface area contributed by atoms with Gasteiger partial charge < -0.3 is 14.4 Å². The molecule has 7 heteroatoms. The number of aliphatic hydroxyl groups excluding tert-OH is 1. The van der Waals surface area contributed by atoms with Crippen molar-refractivity contribution in [3.05, 3.63) is 53.1 Å². The van der Waals surface area contributed by atoms with Crippen LogP contribution in [0.15, 0.2) is 43.0 Å². The van der Waals surface area contributed by atoms with Crippen LogP contribution in [0.3, 0.4) is 0 Å². The quantitative estimate of drug-likeness (QED) is 0.625. The molecule has 7 nitrogen and oxygen atoms in total. The molecule has 2 rings (SSSR count). The van der Waals surface area contributed by atoms with E-state index in [9.17, 15) is 15.2 Å². The molecule has 0 aliphatic carbocycles. The first-order chi connectivity index (χ1) is 9.16. The minimum atomic E-state index is -0.769. The van der Waals surface area contributed by atoms with Gasteiger partial charge in [-0.15, -0.1) is 0 Å². The maximum Gasteiger partial charge on any atom is 0.310 e. The molecule has 0 saturated heterocycles. The number of ether oxygens (including phenoxy) is 1. The van der Waals surface area contributed by atoms with Crippen molar-refractivity contribution in [3.8, 4) is 5.75 Å². The third kappa shape index (κ3) is 3.52. The van der Waals surface area contributed by atoms with E-state index in [0.717, 1.165) is 0 Å². The van der Waals surface area contributed by atoms with E-state index < -0.39 is 11.0 Å². The fourth-order valence-corrected chi connectivity index (χ4v) is 1.61. The number of aliphatic hydroxyl groups is 1. The van der Waals surface area contributed by atoms with E-state index >= 15 is 0 Å². The molecule has 0 fully saturated rings. The number of para-hydroxylation sites is 2. The zero-order valence-corrected chi connectivity index (χ0v) is 10.0. The highest BCUT2D eigenvalue weighted by Gasteiger charge is 2.15. The lowest BCUT2D eigenvalue weighted by Crippen LogP contribution is -2.23. The Balaban J connectivity index is 1.93. The molecular weight excluding hydrogens is 250 g/mol. The van der Waals surface area contributed by atoms with E-state index in [2.05, 4.69) is 4.98 Å². The largest absolute Gasteiger partial charge is 0.484 e. The zero-order valence-electron chi connectivity index (χ0n) is 10.0. The SMILES string of the molecule is O=[N+]([O-])c1ccccc1OC[C@@H](O)Cn1ccnc1. The molecule has 100 valence electrons. The van der Waals surface area contributed by atoms with Crippen LogP contribution in [0, 0.1) is 10.1 Å². The Labute approximate surface area is 109 Å². The van der Waals surface area contributed by atoms with Gasteiger partial charge in [0.2, 0.25) is 0 Å². The van der Waals surface area contributed by atoms with Gasteiger partial charge in [0, 0.05) is 18.5 Å². The van der Waals surface area contributed by atoms with Crippen molar-refractivity contribution in [2.24, 2.45) is 0 Å². The number of rotatable bonds is 6. The van der Waals surface area contributed by atoms with E-state index in [4.69, 9.17) is 4.74 Å². The molecule has 0 saturated carbocycles. The number of nitro groups is 1. The molecule has 1 N–H and O–H groups in total. The van der Waals surface area contributed by atoms with Crippen LogP contribution in [-0.4, -0.2) is 32.3 Å². The summed E-state index contributed by atoms with van der Waals surface area (Å²) in [6.45, 7) is 0.295. The standard InChI is InChI=1S/C12H13N3O4/c16-10(7-14-6-5-13-9-14)8-19-12-4-2-1-3-11(12)15(17)18/h1-6,9-10,16H,7-8H2/t10-/m0/s1. The molecule has 0 amide bonds. The summed E-state index contributed by atoms with van der Waals surface area (Å²) in [4.78, 5) is 14.1. The minimum absolute atomic E-state index is 0.0248. The van der Waals surface area contributed by atoms with Gasteiger partial charge in [-0.3, -0.25) is 10.1 Å². The highest BCUT2D eigenvalue weighted by Crippen LogP contribution is 2.25. The Kier molecular flexibility index (Phi) is 4.09. The number of benzene rings is 1. The maximum absolute atomic E-state index is 10.8. The van der Waals surface area contributed by atoms with Crippen LogP contribution in [0.1, 0.15) is 0 Å². The molecule has 1 aromatic carbocycles. The lowest BCUT2D eigenvalue weighted by molar-refractivity contribution is -0.385. The molecule has 0 unspecified atom stereocenters. The van der Waals surface area contributed by atoms with Crippen molar-refractivity contribution in [2.75, 3.05) is 6.61 Å². The van der Waals surface area contributed by atoms with Gasteiger partial charge in [-0.1, -0.05) is 12.1 Å². The van der Waals surface area contributed by atoms with Gasteiger partial charge in [-0.2, -0.15) is 0 Å². The molecule has 19 heavy (non-hydrogen) atoms. The summed E-state index contributed by atoms with van der Waals surface area (Å²) in [5.41, 5.74) is -0.114. The number of imidazole rings is 1.